The van der Waals surface area contributed by atoms with Crippen LogP contribution in [0.1, 0.15) is 26.0 Å². The van der Waals surface area contributed by atoms with Gasteiger partial charge in [-0.3, -0.25) is 9.59 Å². The minimum absolute atomic E-state index is 0.131. The Labute approximate surface area is 140 Å². The monoisotopic (exact) mass is 331 g/mol. The maximum absolute atomic E-state index is 12.0. The number of hydrogen-bond acceptors (Lipinski definition) is 5. The van der Waals surface area contributed by atoms with Gasteiger partial charge in [-0.2, -0.15) is 0 Å². The molecule has 0 bridgehead atoms. The highest BCUT2D eigenvalue weighted by Gasteiger charge is 2.17. The number of aromatic nitrogens is 1. The SMILES string of the molecule is CCOc1ccccc1N(CCC(=O)Nc1cc(C)on1)C(C)=O. The molecule has 1 heterocycles. The molecule has 0 fully saturated rings. The van der Waals surface area contributed by atoms with Crippen molar-refractivity contribution in [3.8, 4) is 5.75 Å². The van der Waals surface area contributed by atoms with Crippen LogP contribution >= 0.6 is 0 Å². The Bertz CT molecular complexity index is 711. The zero-order valence-electron chi connectivity index (χ0n) is 14.0. The van der Waals surface area contributed by atoms with Crippen LogP contribution in [-0.2, 0) is 9.59 Å². The van der Waals surface area contributed by atoms with Crippen LogP contribution in [0.5, 0.6) is 5.75 Å². The van der Waals surface area contributed by atoms with Crippen LogP contribution in [0.2, 0.25) is 0 Å². The lowest BCUT2D eigenvalue weighted by Crippen LogP contribution is -2.32. The largest absolute Gasteiger partial charge is 0.492 e. The summed E-state index contributed by atoms with van der Waals surface area (Å²) in [6.07, 6.45) is 0.131. The summed E-state index contributed by atoms with van der Waals surface area (Å²) in [6, 6.07) is 8.89. The normalized spacial score (nSPS) is 10.3. The number of anilines is 2. The summed E-state index contributed by atoms with van der Waals surface area (Å²) in [5, 5.41) is 6.34. The number of benzene rings is 1. The molecule has 0 saturated carbocycles. The molecule has 0 aliphatic rings. The molecule has 24 heavy (non-hydrogen) atoms. The van der Waals surface area contributed by atoms with Crippen LogP contribution in [0, 0.1) is 6.92 Å². The van der Waals surface area contributed by atoms with E-state index in [1.165, 1.54) is 11.8 Å². The van der Waals surface area contributed by atoms with E-state index in [9.17, 15) is 9.59 Å². The van der Waals surface area contributed by atoms with E-state index in [4.69, 9.17) is 9.26 Å². The van der Waals surface area contributed by atoms with E-state index in [1.54, 1.807) is 25.1 Å². The second kappa shape index (κ2) is 8.14. The van der Waals surface area contributed by atoms with Crippen molar-refractivity contribution in [2.24, 2.45) is 0 Å². The van der Waals surface area contributed by atoms with Gasteiger partial charge in [0.1, 0.15) is 11.5 Å². The van der Waals surface area contributed by atoms with Crippen LogP contribution in [0.4, 0.5) is 11.5 Å². The Kier molecular flexibility index (Phi) is 5.95. The Morgan fingerprint density at radius 2 is 2.08 bits per heavy atom. The van der Waals surface area contributed by atoms with Gasteiger partial charge in [0.05, 0.1) is 12.3 Å². The van der Waals surface area contributed by atoms with Gasteiger partial charge in [0.2, 0.25) is 11.8 Å². The van der Waals surface area contributed by atoms with Gasteiger partial charge >= 0.3 is 0 Å². The number of rotatable bonds is 7. The zero-order valence-corrected chi connectivity index (χ0v) is 14.0. The molecule has 0 aliphatic heterocycles. The predicted octanol–water partition coefficient (Wildman–Crippen LogP) is 2.76. The summed E-state index contributed by atoms with van der Waals surface area (Å²) in [5.41, 5.74) is 0.650. The fourth-order valence-corrected chi connectivity index (χ4v) is 2.25. The van der Waals surface area contributed by atoms with Gasteiger partial charge in [0.25, 0.3) is 0 Å². The predicted molar refractivity (Wildman–Crippen MR) is 90.1 cm³/mol. The topological polar surface area (TPSA) is 84.7 Å². The summed E-state index contributed by atoms with van der Waals surface area (Å²) in [4.78, 5) is 25.5. The fraction of sp³-hybridized carbons (Fsp3) is 0.353. The second-order valence-corrected chi connectivity index (χ2v) is 5.19. The quantitative estimate of drug-likeness (QED) is 0.843. The van der Waals surface area contributed by atoms with E-state index in [0.717, 1.165) is 0 Å². The van der Waals surface area contributed by atoms with Crippen molar-refractivity contribution < 1.29 is 18.8 Å². The molecule has 0 atom stereocenters. The minimum Gasteiger partial charge on any atom is -0.492 e. The second-order valence-electron chi connectivity index (χ2n) is 5.19. The van der Waals surface area contributed by atoms with Gasteiger partial charge < -0.3 is 19.5 Å². The number of ether oxygens (including phenoxy) is 1. The Morgan fingerprint density at radius 3 is 2.71 bits per heavy atom. The number of hydrogen-bond donors (Lipinski definition) is 1. The van der Waals surface area contributed by atoms with Crippen LogP contribution in [-0.4, -0.2) is 30.1 Å². The van der Waals surface area contributed by atoms with Crippen molar-refractivity contribution in [3.63, 3.8) is 0 Å². The van der Waals surface area contributed by atoms with Crippen LogP contribution in [0.15, 0.2) is 34.9 Å². The average Bonchev–Trinajstić information content (AvgIpc) is 2.94. The molecule has 1 N–H and O–H groups in total. The van der Waals surface area contributed by atoms with E-state index >= 15 is 0 Å². The lowest BCUT2D eigenvalue weighted by atomic mass is 10.2. The van der Waals surface area contributed by atoms with Gasteiger partial charge in [0, 0.05) is 26.0 Å². The molecule has 128 valence electrons. The molecule has 0 unspecified atom stereocenters. The van der Waals surface area contributed by atoms with Crippen LogP contribution in [0.25, 0.3) is 0 Å². The van der Waals surface area contributed by atoms with E-state index in [2.05, 4.69) is 10.5 Å². The highest BCUT2D eigenvalue weighted by molar-refractivity contribution is 5.95. The fourth-order valence-electron chi connectivity index (χ4n) is 2.25. The van der Waals surface area contributed by atoms with Crippen LogP contribution in [0.3, 0.4) is 0 Å². The van der Waals surface area contributed by atoms with Crippen molar-refractivity contribution in [2.45, 2.75) is 27.2 Å². The smallest absolute Gasteiger partial charge is 0.227 e. The number of carbonyl (C=O) groups excluding carboxylic acids is 2. The molecule has 0 spiro atoms. The highest BCUT2D eigenvalue weighted by atomic mass is 16.5. The minimum atomic E-state index is -0.247. The molecule has 2 rings (SSSR count). The summed E-state index contributed by atoms with van der Waals surface area (Å²) >= 11 is 0. The molecular weight excluding hydrogens is 310 g/mol. The third-order valence-electron chi connectivity index (χ3n) is 3.29. The van der Waals surface area contributed by atoms with E-state index in [0.29, 0.717) is 29.6 Å². The molecule has 0 radical (unpaired) electrons. The van der Waals surface area contributed by atoms with Crippen molar-refractivity contribution in [2.75, 3.05) is 23.4 Å². The van der Waals surface area contributed by atoms with Crippen molar-refractivity contribution in [1.29, 1.82) is 0 Å². The van der Waals surface area contributed by atoms with E-state index < -0.39 is 0 Å². The Hall–Kier alpha value is -2.83. The Morgan fingerprint density at radius 1 is 1.33 bits per heavy atom. The standard InChI is InChI=1S/C17H21N3O4/c1-4-23-15-8-6-5-7-14(15)20(13(3)21)10-9-17(22)18-16-11-12(2)24-19-16/h5-8,11H,4,9-10H2,1-3H3,(H,18,19,22). The molecule has 2 amide bonds. The number of nitrogens with one attached hydrogen (secondary N) is 1. The summed E-state index contributed by atoms with van der Waals surface area (Å²) in [6.45, 7) is 5.81. The van der Waals surface area contributed by atoms with E-state index in [1.807, 2.05) is 19.1 Å². The number of nitrogens with zero attached hydrogens (tertiary/aromatic N) is 2. The first kappa shape index (κ1) is 17.5. The first-order valence-corrected chi connectivity index (χ1v) is 7.74. The molecule has 7 heteroatoms. The summed E-state index contributed by atoms with van der Waals surface area (Å²) in [7, 11) is 0. The first-order valence-electron chi connectivity index (χ1n) is 7.74. The van der Waals surface area contributed by atoms with Crippen LogP contribution < -0.4 is 15.0 Å². The maximum atomic E-state index is 12.0. The summed E-state index contributed by atoms with van der Waals surface area (Å²) < 4.78 is 10.5. The molecule has 1 aromatic heterocycles. The number of aryl methyl sites for hydroxylation is 1. The zero-order chi connectivity index (χ0) is 17.5. The molecule has 1 aromatic carbocycles. The van der Waals surface area contributed by atoms with Gasteiger partial charge in [0.15, 0.2) is 5.82 Å². The molecular formula is C17H21N3O4. The molecule has 0 saturated heterocycles. The van der Waals surface area contributed by atoms with E-state index in [-0.39, 0.29) is 24.8 Å². The summed E-state index contributed by atoms with van der Waals surface area (Å²) in [5.74, 6) is 1.18. The van der Waals surface area contributed by atoms with Crippen molar-refractivity contribution in [1.82, 2.24) is 5.16 Å². The van der Waals surface area contributed by atoms with Gasteiger partial charge in [-0.25, -0.2) is 0 Å². The number of para-hydroxylation sites is 2. The molecule has 0 aliphatic carbocycles. The highest BCUT2D eigenvalue weighted by Crippen LogP contribution is 2.28. The molecule has 2 aromatic rings. The third-order valence-corrected chi connectivity index (χ3v) is 3.29. The average molecular weight is 331 g/mol. The van der Waals surface area contributed by atoms with Gasteiger partial charge in [-0.15, -0.1) is 0 Å². The van der Waals surface area contributed by atoms with Crippen molar-refractivity contribution in [3.05, 3.63) is 36.1 Å². The van der Waals surface area contributed by atoms with Gasteiger partial charge in [-0.1, -0.05) is 17.3 Å². The first-order chi connectivity index (χ1) is 11.5. The maximum Gasteiger partial charge on any atom is 0.227 e. The third kappa shape index (κ3) is 4.58. The Balaban J connectivity index is 2.04. The lowest BCUT2D eigenvalue weighted by molar-refractivity contribution is -0.117. The van der Waals surface area contributed by atoms with Crippen molar-refractivity contribution >= 4 is 23.3 Å². The lowest BCUT2D eigenvalue weighted by Gasteiger charge is -2.23. The number of carbonyl (C=O) groups is 2. The van der Waals surface area contributed by atoms with Gasteiger partial charge in [-0.05, 0) is 26.0 Å². The number of amides is 2. The molecule has 7 nitrogen and oxygen atoms in total.